The van der Waals surface area contributed by atoms with E-state index in [0.29, 0.717) is 16.4 Å². The average Bonchev–Trinajstić information content (AvgIpc) is 2.80. The van der Waals surface area contributed by atoms with Crippen LogP contribution in [0.1, 0.15) is 10.4 Å². The predicted molar refractivity (Wildman–Crippen MR) is 78.4 cm³/mol. The first-order valence-electron chi connectivity index (χ1n) is 5.85. The minimum atomic E-state index is -0.378. The predicted octanol–water partition coefficient (Wildman–Crippen LogP) is 3.27. The first-order valence-corrected chi connectivity index (χ1v) is 6.66. The van der Waals surface area contributed by atoms with Crippen molar-refractivity contribution in [3.05, 3.63) is 53.8 Å². The number of fused-ring (bicyclic) bond motifs is 1. The van der Waals surface area contributed by atoms with E-state index < -0.39 is 0 Å². The van der Waals surface area contributed by atoms with Crippen LogP contribution >= 0.6 is 11.3 Å². The van der Waals surface area contributed by atoms with E-state index in [1.807, 2.05) is 0 Å². The first-order chi connectivity index (χ1) is 9.61. The average molecular weight is 287 g/mol. The minimum absolute atomic E-state index is 0.322. The molecule has 0 unspecified atom stereocenters. The molecule has 0 spiro atoms. The molecular formula is C14H10FN3OS. The number of thiazole rings is 1. The van der Waals surface area contributed by atoms with Crippen LogP contribution in [0.5, 0.6) is 0 Å². The molecule has 0 aliphatic carbocycles. The molecule has 100 valence electrons. The highest BCUT2D eigenvalue weighted by atomic mass is 32.1. The Balaban J connectivity index is 1.85. The van der Waals surface area contributed by atoms with Gasteiger partial charge in [0.05, 0.1) is 10.2 Å². The van der Waals surface area contributed by atoms with Crippen molar-refractivity contribution in [1.82, 2.24) is 4.98 Å². The van der Waals surface area contributed by atoms with Gasteiger partial charge in [0.25, 0.3) is 5.91 Å². The molecule has 0 fully saturated rings. The highest BCUT2D eigenvalue weighted by Crippen LogP contribution is 2.27. The molecule has 6 heteroatoms. The summed E-state index contributed by atoms with van der Waals surface area (Å²) in [6, 6.07) is 10.7. The second kappa shape index (κ2) is 4.90. The SMILES string of the molecule is Nc1ccc2nc(NC(=O)c3ccc(F)cc3)sc2c1. The maximum atomic E-state index is 12.8. The van der Waals surface area contributed by atoms with E-state index >= 15 is 0 Å². The maximum Gasteiger partial charge on any atom is 0.257 e. The molecule has 0 atom stereocenters. The summed E-state index contributed by atoms with van der Waals surface area (Å²) in [5, 5.41) is 3.18. The van der Waals surface area contributed by atoms with Crippen LogP contribution in [0.3, 0.4) is 0 Å². The largest absolute Gasteiger partial charge is 0.399 e. The summed E-state index contributed by atoms with van der Waals surface area (Å²) in [5.41, 5.74) is 7.50. The molecule has 0 saturated heterocycles. The van der Waals surface area contributed by atoms with Crippen molar-refractivity contribution in [3.8, 4) is 0 Å². The van der Waals surface area contributed by atoms with Gasteiger partial charge < -0.3 is 5.73 Å². The van der Waals surface area contributed by atoms with Gasteiger partial charge in [-0.2, -0.15) is 0 Å². The molecule has 0 radical (unpaired) electrons. The fourth-order valence-corrected chi connectivity index (χ4v) is 2.67. The van der Waals surface area contributed by atoms with Crippen molar-refractivity contribution in [2.24, 2.45) is 0 Å². The number of carbonyl (C=O) groups excluding carboxylic acids is 1. The van der Waals surface area contributed by atoms with E-state index in [4.69, 9.17) is 5.73 Å². The normalized spacial score (nSPS) is 10.7. The van der Waals surface area contributed by atoms with Gasteiger partial charge in [-0.1, -0.05) is 11.3 Å². The Kier molecular flexibility index (Phi) is 3.08. The molecule has 1 amide bonds. The smallest absolute Gasteiger partial charge is 0.257 e. The van der Waals surface area contributed by atoms with E-state index in [2.05, 4.69) is 10.3 Å². The summed E-state index contributed by atoms with van der Waals surface area (Å²) in [5.74, 6) is -0.700. The maximum absolute atomic E-state index is 12.8. The Hall–Kier alpha value is -2.47. The van der Waals surface area contributed by atoms with Crippen LogP contribution in [0.25, 0.3) is 10.2 Å². The lowest BCUT2D eigenvalue weighted by Gasteiger charge is -2.00. The zero-order valence-electron chi connectivity index (χ0n) is 10.3. The van der Waals surface area contributed by atoms with Gasteiger partial charge in [-0.15, -0.1) is 0 Å². The zero-order valence-corrected chi connectivity index (χ0v) is 11.1. The number of hydrogen-bond donors (Lipinski definition) is 2. The summed E-state index contributed by atoms with van der Waals surface area (Å²) in [4.78, 5) is 16.3. The molecule has 4 nitrogen and oxygen atoms in total. The van der Waals surface area contributed by atoms with Gasteiger partial charge in [-0.25, -0.2) is 9.37 Å². The molecule has 20 heavy (non-hydrogen) atoms. The molecule has 0 bridgehead atoms. The number of nitrogens with zero attached hydrogens (tertiary/aromatic N) is 1. The van der Waals surface area contributed by atoms with Crippen LogP contribution in [0, 0.1) is 5.82 Å². The highest BCUT2D eigenvalue weighted by Gasteiger charge is 2.10. The summed E-state index contributed by atoms with van der Waals surface area (Å²) in [7, 11) is 0. The molecule has 1 heterocycles. The fraction of sp³-hybridized carbons (Fsp3) is 0. The molecule has 3 N–H and O–H groups in total. The number of hydrogen-bond acceptors (Lipinski definition) is 4. The zero-order chi connectivity index (χ0) is 14.1. The van der Waals surface area contributed by atoms with Gasteiger partial charge >= 0.3 is 0 Å². The molecule has 1 aromatic heterocycles. The summed E-state index contributed by atoms with van der Waals surface area (Å²) >= 11 is 1.34. The Morgan fingerprint density at radius 3 is 2.70 bits per heavy atom. The molecule has 3 rings (SSSR count). The Labute approximate surface area is 118 Å². The van der Waals surface area contributed by atoms with Crippen molar-refractivity contribution in [2.45, 2.75) is 0 Å². The number of amides is 1. The molecule has 2 aromatic carbocycles. The van der Waals surface area contributed by atoms with Crippen molar-refractivity contribution in [3.63, 3.8) is 0 Å². The molecular weight excluding hydrogens is 277 g/mol. The van der Waals surface area contributed by atoms with Gasteiger partial charge in [0, 0.05) is 11.3 Å². The van der Waals surface area contributed by atoms with E-state index in [1.165, 1.54) is 35.6 Å². The third-order valence-electron chi connectivity index (χ3n) is 2.74. The number of halogens is 1. The van der Waals surface area contributed by atoms with Gasteiger partial charge in [0.1, 0.15) is 5.82 Å². The lowest BCUT2D eigenvalue weighted by Crippen LogP contribution is -2.11. The molecule has 0 aliphatic heterocycles. The van der Waals surface area contributed by atoms with E-state index in [9.17, 15) is 9.18 Å². The standard InChI is InChI=1S/C14H10FN3OS/c15-9-3-1-8(2-4-9)13(19)18-14-17-11-6-5-10(16)7-12(11)20-14/h1-7H,16H2,(H,17,18,19). The molecule has 0 saturated carbocycles. The van der Waals surface area contributed by atoms with Gasteiger partial charge in [0.15, 0.2) is 5.13 Å². The number of rotatable bonds is 2. The van der Waals surface area contributed by atoms with Gasteiger partial charge in [-0.05, 0) is 42.5 Å². The molecule has 0 aliphatic rings. The summed E-state index contributed by atoms with van der Waals surface area (Å²) < 4.78 is 13.7. The van der Waals surface area contributed by atoms with Crippen LogP contribution in [0.4, 0.5) is 15.2 Å². The van der Waals surface area contributed by atoms with E-state index in [1.54, 1.807) is 18.2 Å². The van der Waals surface area contributed by atoms with Crippen LogP contribution < -0.4 is 11.1 Å². The number of aromatic nitrogens is 1. The lowest BCUT2D eigenvalue weighted by molar-refractivity contribution is 0.102. The van der Waals surface area contributed by atoms with Crippen LogP contribution in [0.15, 0.2) is 42.5 Å². The Morgan fingerprint density at radius 1 is 1.20 bits per heavy atom. The van der Waals surface area contributed by atoms with Crippen molar-refractivity contribution in [1.29, 1.82) is 0 Å². The lowest BCUT2D eigenvalue weighted by atomic mass is 10.2. The quantitative estimate of drug-likeness (QED) is 0.711. The summed E-state index contributed by atoms with van der Waals surface area (Å²) in [6.07, 6.45) is 0. The fourth-order valence-electron chi connectivity index (χ4n) is 1.77. The van der Waals surface area contributed by atoms with Crippen LogP contribution in [-0.4, -0.2) is 10.9 Å². The monoisotopic (exact) mass is 287 g/mol. The number of nitrogens with two attached hydrogens (primary N) is 1. The van der Waals surface area contributed by atoms with E-state index in [0.717, 1.165) is 10.2 Å². The third kappa shape index (κ3) is 2.46. The second-order valence-corrected chi connectivity index (χ2v) is 5.24. The van der Waals surface area contributed by atoms with Crippen molar-refractivity contribution < 1.29 is 9.18 Å². The van der Waals surface area contributed by atoms with Gasteiger partial charge in [-0.3, -0.25) is 10.1 Å². The van der Waals surface area contributed by atoms with Crippen LogP contribution in [-0.2, 0) is 0 Å². The second-order valence-electron chi connectivity index (χ2n) is 4.21. The van der Waals surface area contributed by atoms with E-state index in [-0.39, 0.29) is 11.7 Å². The first kappa shape index (κ1) is 12.6. The highest BCUT2D eigenvalue weighted by molar-refractivity contribution is 7.22. The number of nitrogens with one attached hydrogen (secondary N) is 1. The minimum Gasteiger partial charge on any atom is -0.399 e. The number of carbonyl (C=O) groups is 1. The molecule has 3 aromatic rings. The van der Waals surface area contributed by atoms with Crippen LogP contribution in [0.2, 0.25) is 0 Å². The number of nitrogen functional groups attached to an aromatic ring is 1. The van der Waals surface area contributed by atoms with Crippen molar-refractivity contribution in [2.75, 3.05) is 11.1 Å². The van der Waals surface area contributed by atoms with Crippen molar-refractivity contribution >= 4 is 38.3 Å². The number of anilines is 2. The topological polar surface area (TPSA) is 68.0 Å². The third-order valence-corrected chi connectivity index (χ3v) is 3.67. The summed E-state index contributed by atoms with van der Waals surface area (Å²) in [6.45, 7) is 0. The van der Waals surface area contributed by atoms with Gasteiger partial charge in [0.2, 0.25) is 0 Å². The number of benzene rings is 2. The Morgan fingerprint density at radius 2 is 1.95 bits per heavy atom. The Bertz CT molecular complexity index is 783.